The molecule has 2 aliphatic carbocycles. The van der Waals surface area contributed by atoms with Gasteiger partial charge < -0.3 is 9.64 Å². The Labute approximate surface area is 96.2 Å². The maximum absolute atomic E-state index is 12.3. The summed E-state index contributed by atoms with van der Waals surface area (Å²) >= 11 is 0. The Bertz CT molecular complexity index is 313. The third-order valence-corrected chi connectivity index (χ3v) is 3.62. The normalized spacial score (nSPS) is 22.0. The van der Waals surface area contributed by atoms with Crippen LogP contribution in [0.2, 0.25) is 0 Å². The summed E-state index contributed by atoms with van der Waals surface area (Å²) in [4.78, 5) is 14.2. The predicted molar refractivity (Wildman–Crippen MR) is 58.5 cm³/mol. The molecule has 0 N–H and O–H groups in total. The van der Waals surface area contributed by atoms with E-state index in [0.717, 1.165) is 32.1 Å². The molecule has 0 aliphatic heterocycles. The maximum atomic E-state index is 12.3. The minimum atomic E-state index is -0.698. The molecule has 2 fully saturated rings. The lowest BCUT2D eigenvalue weighted by Gasteiger charge is -2.38. The number of rotatable bonds is 5. The summed E-state index contributed by atoms with van der Waals surface area (Å²) in [5.74, 6) is 0.0424. The molecule has 1 amide bonds. The summed E-state index contributed by atoms with van der Waals surface area (Å²) in [5.41, 5.74) is -0.698. The Kier molecular flexibility index (Phi) is 3.15. The first-order valence-electron chi connectivity index (χ1n) is 5.95. The lowest BCUT2D eigenvalue weighted by molar-refractivity contribution is -0.144. The summed E-state index contributed by atoms with van der Waals surface area (Å²) in [6, 6.07) is 2.59. The van der Waals surface area contributed by atoms with Crippen LogP contribution >= 0.6 is 0 Å². The summed E-state index contributed by atoms with van der Waals surface area (Å²) in [6.07, 6.45) is 4.63. The van der Waals surface area contributed by atoms with Crippen molar-refractivity contribution in [3.05, 3.63) is 0 Å². The van der Waals surface area contributed by atoms with Crippen molar-refractivity contribution in [3.8, 4) is 6.07 Å². The van der Waals surface area contributed by atoms with Crippen molar-refractivity contribution in [2.24, 2.45) is 5.41 Å². The van der Waals surface area contributed by atoms with Crippen molar-refractivity contribution in [1.82, 2.24) is 4.90 Å². The lowest BCUT2D eigenvalue weighted by atomic mass is 9.69. The largest absolute Gasteiger partial charge is 0.383 e. The fourth-order valence-corrected chi connectivity index (χ4v) is 2.20. The third-order valence-electron chi connectivity index (χ3n) is 3.62. The number of nitriles is 1. The Balaban J connectivity index is 2.02. The molecule has 2 saturated carbocycles. The summed E-state index contributed by atoms with van der Waals surface area (Å²) in [5, 5.41) is 9.15. The Morgan fingerprint density at radius 1 is 1.56 bits per heavy atom. The molecule has 0 aromatic rings. The predicted octanol–water partition coefficient (Wildman–Crippen LogP) is 1.32. The fourth-order valence-electron chi connectivity index (χ4n) is 2.20. The first kappa shape index (κ1) is 11.4. The molecule has 0 radical (unpaired) electrons. The number of methoxy groups -OCH3 is 1. The zero-order chi connectivity index (χ0) is 11.6. The van der Waals surface area contributed by atoms with Crippen LogP contribution < -0.4 is 0 Å². The van der Waals surface area contributed by atoms with E-state index in [4.69, 9.17) is 10.00 Å². The van der Waals surface area contributed by atoms with E-state index in [2.05, 4.69) is 6.07 Å². The first-order chi connectivity index (χ1) is 7.73. The highest BCUT2D eigenvalue weighted by Gasteiger charge is 2.49. The second-order valence-electron chi connectivity index (χ2n) is 4.77. The molecular weight excluding hydrogens is 204 g/mol. The fraction of sp³-hybridized carbons (Fsp3) is 0.833. The minimum absolute atomic E-state index is 0.0424. The van der Waals surface area contributed by atoms with Gasteiger partial charge in [-0.15, -0.1) is 0 Å². The number of hydrogen-bond donors (Lipinski definition) is 0. The van der Waals surface area contributed by atoms with Gasteiger partial charge in [0.2, 0.25) is 5.91 Å². The van der Waals surface area contributed by atoms with Crippen LogP contribution in [0.5, 0.6) is 0 Å². The van der Waals surface area contributed by atoms with E-state index in [0.29, 0.717) is 19.2 Å². The van der Waals surface area contributed by atoms with Crippen molar-refractivity contribution in [1.29, 1.82) is 5.26 Å². The molecule has 88 valence electrons. The second-order valence-corrected chi connectivity index (χ2v) is 4.77. The average Bonchev–Trinajstić information content (AvgIpc) is 3.02. The van der Waals surface area contributed by atoms with Crippen LogP contribution in [0, 0.1) is 16.7 Å². The van der Waals surface area contributed by atoms with E-state index in [1.165, 1.54) is 0 Å². The summed E-state index contributed by atoms with van der Waals surface area (Å²) in [7, 11) is 1.64. The van der Waals surface area contributed by atoms with Crippen molar-refractivity contribution in [2.45, 2.75) is 38.1 Å². The van der Waals surface area contributed by atoms with Crippen molar-refractivity contribution >= 4 is 5.91 Å². The summed E-state index contributed by atoms with van der Waals surface area (Å²) in [6.45, 7) is 1.19. The zero-order valence-electron chi connectivity index (χ0n) is 9.74. The van der Waals surface area contributed by atoms with E-state index >= 15 is 0 Å². The molecule has 0 aromatic heterocycles. The summed E-state index contributed by atoms with van der Waals surface area (Å²) < 4.78 is 5.02. The highest BCUT2D eigenvalue weighted by atomic mass is 16.5. The van der Waals surface area contributed by atoms with Gasteiger partial charge in [0, 0.05) is 19.7 Å². The van der Waals surface area contributed by atoms with Crippen LogP contribution in [-0.2, 0) is 9.53 Å². The van der Waals surface area contributed by atoms with Crippen molar-refractivity contribution < 1.29 is 9.53 Å². The van der Waals surface area contributed by atoms with Crippen LogP contribution in [-0.4, -0.2) is 37.1 Å². The molecule has 0 atom stereocenters. The number of nitrogens with zero attached hydrogens (tertiary/aromatic N) is 2. The van der Waals surface area contributed by atoms with E-state index in [1.54, 1.807) is 7.11 Å². The Hall–Kier alpha value is -1.08. The van der Waals surface area contributed by atoms with Gasteiger partial charge in [-0.05, 0) is 32.1 Å². The van der Waals surface area contributed by atoms with Gasteiger partial charge in [-0.3, -0.25) is 4.79 Å². The molecule has 16 heavy (non-hydrogen) atoms. The topological polar surface area (TPSA) is 53.3 Å². The number of carbonyl (C=O) groups is 1. The van der Waals surface area contributed by atoms with Crippen molar-refractivity contribution in [3.63, 3.8) is 0 Å². The van der Waals surface area contributed by atoms with Crippen LogP contribution in [0.15, 0.2) is 0 Å². The van der Waals surface area contributed by atoms with Crippen LogP contribution in [0.25, 0.3) is 0 Å². The SMILES string of the molecule is COCCN(C(=O)C1(C#N)CCC1)C1CC1. The molecule has 0 unspecified atom stereocenters. The molecule has 2 rings (SSSR count). The second kappa shape index (κ2) is 4.42. The maximum Gasteiger partial charge on any atom is 0.243 e. The van der Waals surface area contributed by atoms with Crippen LogP contribution in [0.1, 0.15) is 32.1 Å². The van der Waals surface area contributed by atoms with Crippen LogP contribution in [0.4, 0.5) is 0 Å². The standard InChI is InChI=1S/C12H18N2O2/c1-16-8-7-14(10-3-4-10)11(15)12(9-13)5-2-6-12/h10H,2-8H2,1H3. The van der Waals surface area contributed by atoms with Gasteiger partial charge in [-0.25, -0.2) is 0 Å². The van der Waals surface area contributed by atoms with Gasteiger partial charge in [0.15, 0.2) is 0 Å². The molecule has 0 aromatic carbocycles. The van der Waals surface area contributed by atoms with E-state index in [9.17, 15) is 4.79 Å². The van der Waals surface area contributed by atoms with E-state index in [1.807, 2.05) is 4.90 Å². The molecule has 0 spiro atoms. The smallest absolute Gasteiger partial charge is 0.243 e. The molecule has 4 heteroatoms. The highest BCUT2D eigenvalue weighted by Crippen LogP contribution is 2.43. The molecule has 4 nitrogen and oxygen atoms in total. The first-order valence-corrected chi connectivity index (χ1v) is 5.95. The van der Waals surface area contributed by atoms with E-state index < -0.39 is 5.41 Å². The number of amides is 1. The Morgan fingerprint density at radius 3 is 2.62 bits per heavy atom. The van der Waals surface area contributed by atoms with Gasteiger partial charge in [0.25, 0.3) is 0 Å². The quantitative estimate of drug-likeness (QED) is 0.705. The molecule has 0 saturated heterocycles. The third kappa shape index (κ3) is 1.92. The number of carbonyl (C=O) groups excluding carboxylic acids is 1. The van der Waals surface area contributed by atoms with Gasteiger partial charge in [0.05, 0.1) is 12.7 Å². The van der Waals surface area contributed by atoms with Gasteiger partial charge in [-0.1, -0.05) is 0 Å². The molecule has 2 aliphatic rings. The monoisotopic (exact) mass is 222 g/mol. The van der Waals surface area contributed by atoms with Gasteiger partial charge in [-0.2, -0.15) is 5.26 Å². The highest BCUT2D eigenvalue weighted by molar-refractivity contribution is 5.87. The average molecular weight is 222 g/mol. The molecule has 0 bridgehead atoms. The number of hydrogen-bond acceptors (Lipinski definition) is 3. The molecule has 0 heterocycles. The zero-order valence-corrected chi connectivity index (χ0v) is 9.74. The lowest BCUT2D eigenvalue weighted by Crippen LogP contribution is -2.49. The molecular formula is C12H18N2O2. The Morgan fingerprint density at radius 2 is 2.25 bits per heavy atom. The van der Waals surface area contributed by atoms with Crippen molar-refractivity contribution in [2.75, 3.05) is 20.3 Å². The van der Waals surface area contributed by atoms with Gasteiger partial charge in [0.1, 0.15) is 5.41 Å². The van der Waals surface area contributed by atoms with E-state index in [-0.39, 0.29) is 5.91 Å². The number of ether oxygens (including phenoxy) is 1. The minimum Gasteiger partial charge on any atom is -0.383 e. The van der Waals surface area contributed by atoms with Gasteiger partial charge >= 0.3 is 0 Å². The van der Waals surface area contributed by atoms with Crippen LogP contribution in [0.3, 0.4) is 0 Å².